The van der Waals surface area contributed by atoms with E-state index in [1.54, 1.807) is 0 Å². The van der Waals surface area contributed by atoms with E-state index in [0.717, 1.165) is 12.8 Å². The Bertz CT molecular complexity index is 239. The SMILES string of the molecule is CCCCCCC(=O)NCCOC(=O)CC(C)C. The molecule has 0 aromatic carbocycles. The van der Waals surface area contributed by atoms with Crippen LogP contribution in [0, 0.1) is 5.92 Å². The maximum absolute atomic E-state index is 11.4. The molecule has 18 heavy (non-hydrogen) atoms. The number of esters is 1. The topological polar surface area (TPSA) is 55.4 Å². The minimum absolute atomic E-state index is 0.0472. The molecule has 4 heteroatoms. The van der Waals surface area contributed by atoms with Gasteiger partial charge >= 0.3 is 5.97 Å². The third-order valence-corrected chi connectivity index (χ3v) is 2.52. The van der Waals surface area contributed by atoms with Gasteiger partial charge in [0.2, 0.25) is 5.91 Å². The first-order valence-electron chi connectivity index (χ1n) is 6.98. The van der Waals surface area contributed by atoms with Crippen molar-refractivity contribution in [2.45, 2.75) is 59.3 Å². The van der Waals surface area contributed by atoms with Gasteiger partial charge in [0.25, 0.3) is 0 Å². The Labute approximate surface area is 110 Å². The maximum Gasteiger partial charge on any atom is 0.306 e. The minimum atomic E-state index is -0.192. The molecule has 0 aliphatic carbocycles. The molecule has 0 atom stereocenters. The predicted molar refractivity (Wildman–Crippen MR) is 72.2 cm³/mol. The van der Waals surface area contributed by atoms with Crippen molar-refractivity contribution in [1.82, 2.24) is 5.32 Å². The Hall–Kier alpha value is -1.06. The second kappa shape index (κ2) is 11.1. The summed E-state index contributed by atoms with van der Waals surface area (Å²) >= 11 is 0. The quantitative estimate of drug-likeness (QED) is 0.483. The number of amides is 1. The first-order chi connectivity index (χ1) is 8.56. The molecule has 0 rings (SSSR count). The summed E-state index contributed by atoms with van der Waals surface area (Å²) in [5.74, 6) is 0.166. The van der Waals surface area contributed by atoms with Crippen LogP contribution in [-0.2, 0) is 14.3 Å². The summed E-state index contributed by atoms with van der Waals surface area (Å²) < 4.78 is 4.99. The fraction of sp³-hybridized carbons (Fsp3) is 0.857. The van der Waals surface area contributed by atoms with Crippen molar-refractivity contribution in [1.29, 1.82) is 0 Å². The highest BCUT2D eigenvalue weighted by Crippen LogP contribution is 2.02. The summed E-state index contributed by atoms with van der Waals surface area (Å²) in [4.78, 5) is 22.6. The lowest BCUT2D eigenvalue weighted by Crippen LogP contribution is -2.27. The fourth-order valence-corrected chi connectivity index (χ4v) is 1.55. The molecule has 0 bridgehead atoms. The highest BCUT2D eigenvalue weighted by Gasteiger charge is 2.06. The summed E-state index contributed by atoms with van der Waals surface area (Å²) in [6.07, 6.45) is 5.40. The van der Waals surface area contributed by atoms with Crippen molar-refractivity contribution < 1.29 is 14.3 Å². The first kappa shape index (κ1) is 16.9. The maximum atomic E-state index is 11.4. The van der Waals surface area contributed by atoms with E-state index in [2.05, 4.69) is 12.2 Å². The number of ether oxygens (including phenoxy) is 1. The molecule has 0 saturated heterocycles. The highest BCUT2D eigenvalue weighted by molar-refractivity contribution is 5.75. The van der Waals surface area contributed by atoms with Gasteiger partial charge in [-0.05, 0) is 12.3 Å². The zero-order valence-corrected chi connectivity index (χ0v) is 12.0. The third kappa shape index (κ3) is 11.4. The molecule has 0 spiro atoms. The molecule has 0 aromatic rings. The van der Waals surface area contributed by atoms with E-state index in [-0.39, 0.29) is 18.5 Å². The molecule has 106 valence electrons. The molecule has 0 heterocycles. The van der Waals surface area contributed by atoms with Gasteiger partial charge in [0.05, 0.1) is 6.54 Å². The van der Waals surface area contributed by atoms with Crippen molar-refractivity contribution in [2.75, 3.05) is 13.2 Å². The molecule has 0 aliphatic rings. The largest absolute Gasteiger partial charge is 0.464 e. The summed E-state index contributed by atoms with van der Waals surface area (Å²) in [7, 11) is 0. The number of unbranched alkanes of at least 4 members (excludes halogenated alkanes) is 3. The van der Waals surface area contributed by atoms with Crippen LogP contribution >= 0.6 is 0 Å². The smallest absolute Gasteiger partial charge is 0.306 e. The number of carbonyl (C=O) groups is 2. The highest BCUT2D eigenvalue weighted by atomic mass is 16.5. The first-order valence-corrected chi connectivity index (χ1v) is 6.98. The van der Waals surface area contributed by atoms with Crippen LogP contribution in [-0.4, -0.2) is 25.0 Å². The van der Waals surface area contributed by atoms with Crippen molar-refractivity contribution >= 4 is 11.9 Å². The summed E-state index contributed by atoms with van der Waals surface area (Å²) in [5, 5.41) is 2.75. The molecule has 4 nitrogen and oxygen atoms in total. The molecule has 1 amide bonds. The van der Waals surface area contributed by atoms with E-state index < -0.39 is 0 Å². The molecule has 0 saturated carbocycles. The van der Waals surface area contributed by atoms with E-state index in [9.17, 15) is 9.59 Å². The van der Waals surface area contributed by atoms with E-state index >= 15 is 0 Å². The van der Waals surface area contributed by atoms with Gasteiger partial charge in [0.1, 0.15) is 6.61 Å². The van der Waals surface area contributed by atoms with Crippen LogP contribution in [0.4, 0.5) is 0 Å². The predicted octanol–water partition coefficient (Wildman–Crippen LogP) is 2.66. The van der Waals surface area contributed by atoms with Gasteiger partial charge in [-0.1, -0.05) is 40.0 Å². The average molecular weight is 257 g/mol. The van der Waals surface area contributed by atoms with Gasteiger partial charge in [0, 0.05) is 12.8 Å². The number of hydrogen-bond donors (Lipinski definition) is 1. The van der Waals surface area contributed by atoms with Gasteiger partial charge in [-0.3, -0.25) is 9.59 Å². The van der Waals surface area contributed by atoms with Crippen LogP contribution in [0.2, 0.25) is 0 Å². The zero-order chi connectivity index (χ0) is 13.8. The van der Waals surface area contributed by atoms with E-state index in [1.165, 1.54) is 12.8 Å². The molecule has 0 unspecified atom stereocenters. The Kier molecular flexibility index (Phi) is 10.4. The molecular formula is C14H27NO3. The minimum Gasteiger partial charge on any atom is -0.464 e. The molecule has 1 N–H and O–H groups in total. The van der Waals surface area contributed by atoms with Crippen LogP contribution in [0.15, 0.2) is 0 Å². The van der Waals surface area contributed by atoms with E-state index in [0.29, 0.717) is 25.3 Å². The lowest BCUT2D eigenvalue weighted by atomic mass is 10.1. The van der Waals surface area contributed by atoms with Crippen molar-refractivity contribution in [3.63, 3.8) is 0 Å². The van der Waals surface area contributed by atoms with Gasteiger partial charge in [-0.2, -0.15) is 0 Å². The monoisotopic (exact) mass is 257 g/mol. The fourth-order valence-electron chi connectivity index (χ4n) is 1.55. The second-order valence-corrected chi connectivity index (χ2v) is 4.98. The van der Waals surface area contributed by atoms with Crippen LogP contribution in [0.25, 0.3) is 0 Å². The summed E-state index contributed by atoms with van der Waals surface area (Å²) in [5.41, 5.74) is 0. The van der Waals surface area contributed by atoms with Gasteiger partial charge in [-0.15, -0.1) is 0 Å². The van der Waals surface area contributed by atoms with Crippen LogP contribution < -0.4 is 5.32 Å². The Balaban J connectivity index is 3.37. The van der Waals surface area contributed by atoms with E-state index in [1.807, 2.05) is 13.8 Å². The number of carbonyl (C=O) groups excluding carboxylic acids is 2. The number of nitrogens with one attached hydrogen (secondary N) is 1. The van der Waals surface area contributed by atoms with Crippen LogP contribution in [0.5, 0.6) is 0 Å². The van der Waals surface area contributed by atoms with Gasteiger partial charge < -0.3 is 10.1 Å². The third-order valence-electron chi connectivity index (χ3n) is 2.52. The number of rotatable bonds is 10. The van der Waals surface area contributed by atoms with Gasteiger partial charge in [0.15, 0.2) is 0 Å². The summed E-state index contributed by atoms with van der Waals surface area (Å²) in [6.45, 7) is 6.77. The molecule has 0 radical (unpaired) electrons. The molecule has 0 aliphatic heterocycles. The number of hydrogen-bond acceptors (Lipinski definition) is 3. The zero-order valence-electron chi connectivity index (χ0n) is 12.0. The lowest BCUT2D eigenvalue weighted by Gasteiger charge is -2.07. The van der Waals surface area contributed by atoms with Crippen molar-refractivity contribution in [3.05, 3.63) is 0 Å². The lowest BCUT2D eigenvalue weighted by molar-refractivity contribution is -0.144. The van der Waals surface area contributed by atoms with Gasteiger partial charge in [-0.25, -0.2) is 0 Å². The Morgan fingerprint density at radius 1 is 1.17 bits per heavy atom. The molecule has 0 aromatic heterocycles. The Morgan fingerprint density at radius 3 is 2.50 bits per heavy atom. The van der Waals surface area contributed by atoms with Crippen molar-refractivity contribution in [2.24, 2.45) is 5.92 Å². The van der Waals surface area contributed by atoms with Crippen molar-refractivity contribution in [3.8, 4) is 0 Å². The second-order valence-electron chi connectivity index (χ2n) is 4.98. The van der Waals surface area contributed by atoms with Crippen LogP contribution in [0.1, 0.15) is 59.3 Å². The van der Waals surface area contributed by atoms with E-state index in [4.69, 9.17) is 4.74 Å². The molecule has 0 fully saturated rings. The van der Waals surface area contributed by atoms with Crippen LogP contribution in [0.3, 0.4) is 0 Å². The summed E-state index contributed by atoms with van der Waals surface area (Å²) in [6, 6.07) is 0. The molecular weight excluding hydrogens is 230 g/mol. The standard InChI is InChI=1S/C14H27NO3/c1-4-5-6-7-8-13(16)15-9-10-18-14(17)11-12(2)3/h12H,4-11H2,1-3H3,(H,15,16). The normalized spacial score (nSPS) is 10.4. The Morgan fingerprint density at radius 2 is 1.89 bits per heavy atom. The average Bonchev–Trinajstić information content (AvgIpc) is 2.29.